The van der Waals surface area contributed by atoms with Gasteiger partial charge >= 0.3 is 5.97 Å². The van der Waals surface area contributed by atoms with Crippen LogP contribution in [0.2, 0.25) is 0 Å². The van der Waals surface area contributed by atoms with E-state index in [9.17, 15) is 15.0 Å². The highest BCUT2D eigenvalue weighted by Crippen LogP contribution is 2.37. The molecule has 0 spiro atoms. The third-order valence-corrected chi connectivity index (χ3v) is 4.28. The van der Waals surface area contributed by atoms with Crippen molar-refractivity contribution in [3.05, 3.63) is 84.6 Å². The first kappa shape index (κ1) is 16.6. The van der Waals surface area contributed by atoms with Crippen LogP contribution in [-0.2, 0) is 0 Å². The summed E-state index contributed by atoms with van der Waals surface area (Å²) in [6.45, 7) is 0. The van der Waals surface area contributed by atoms with Crippen molar-refractivity contribution >= 4 is 5.97 Å². The molecule has 27 heavy (non-hydrogen) atoms. The van der Waals surface area contributed by atoms with Gasteiger partial charge in [-0.3, -0.25) is 0 Å². The Bertz CT molecular complexity index is 1100. The first-order chi connectivity index (χ1) is 13.1. The molecule has 0 aliphatic carbocycles. The summed E-state index contributed by atoms with van der Waals surface area (Å²) in [7, 11) is 0. The Morgan fingerprint density at radius 2 is 1.44 bits per heavy atom. The molecule has 0 aliphatic heterocycles. The number of aromatic nitrogens is 1. The predicted octanol–water partition coefficient (Wildman–Crippen LogP) is 5.08. The number of aromatic carboxylic acids is 1. The number of aromatic hydroxyl groups is 1. The van der Waals surface area contributed by atoms with Crippen LogP contribution in [0.4, 0.5) is 0 Å². The first-order valence-corrected chi connectivity index (χ1v) is 8.32. The molecule has 0 aliphatic rings. The lowest BCUT2D eigenvalue weighted by Gasteiger charge is -2.07. The average molecular weight is 357 g/mol. The number of nitrogens with zero attached hydrogens (tertiary/aromatic N) is 1. The van der Waals surface area contributed by atoms with Gasteiger partial charge in [0, 0.05) is 5.56 Å². The van der Waals surface area contributed by atoms with Crippen LogP contribution in [0.1, 0.15) is 10.5 Å². The number of carboxylic acids is 1. The van der Waals surface area contributed by atoms with Gasteiger partial charge in [-0.1, -0.05) is 65.8 Å². The molecule has 5 nitrogen and oxygen atoms in total. The Hall–Kier alpha value is -3.86. The SMILES string of the molecule is O=C(O)c1noc(-c2ccccc2)c1-c1cccc(-c2ccc(O)cc2)c1. The minimum Gasteiger partial charge on any atom is -0.508 e. The number of phenols is 1. The number of phenolic OH excluding ortho intramolecular Hbond substituents is 1. The number of hydrogen-bond acceptors (Lipinski definition) is 4. The Labute approximate surface area is 155 Å². The molecular weight excluding hydrogens is 342 g/mol. The monoisotopic (exact) mass is 357 g/mol. The quantitative estimate of drug-likeness (QED) is 0.532. The van der Waals surface area contributed by atoms with E-state index in [1.807, 2.05) is 54.6 Å². The molecule has 0 amide bonds. The minimum absolute atomic E-state index is 0.128. The van der Waals surface area contributed by atoms with E-state index in [2.05, 4.69) is 5.16 Å². The Kier molecular flexibility index (Phi) is 4.18. The van der Waals surface area contributed by atoms with E-state index in [-0.39, 0.29) is 11.4 Å². The van der Waals surface area contributed by atoms with Crippen molar-refractivity contribution in [2.45, 2.75) is 0 Å². The van der Waals surface area contributed by atoms with Crippen LogP contribution in [-0.4, -0.2) is 21.3 Å². The number of carboxylic acid groups (broad SMARTS) is 1. The molecule has 132 valence electrons. The highest BCUT2D eigenvalue weighted by Gasteiger charge is 2.24. The van der Waals surface area contributed by atoms with Crippen molar-refractivity contribution in [3.8, 4) is 39.3 Å². The summed E-state index contributed by atoms with van der Waals surface area (Å²) in [5, 5.41) is 22.8. The number of benzene rings is 3. The molecule has 3 aromatic carbocycles. The third kappa shape index (κ3) is 3.18. The zero-order valence-corrected chi connectivity index (χ0v) is 14.2. The molecule has 4 rings (SSSR count). The van der Waals surface area contributed by atoms with Crippen molar-refractivity contribution in [1.82, 2.24) is 5.16 Å². The predicted molar refractivity (Wildman–Crippen MR) is 101 cm³/mol. The topological polar surface area (TPSA) is 83.6 Å². The summed E-state index contributed by atoms with van der Waals surface area (Å²) in [6, 6.07) is 23.6. The van der Waals surface area contributed by atoms with Gasteiger partial charge in [0.15, 0.2) is 11.5 Å². The van der Waals surface area contributed by atoms with Crippen LogP contribution in [0.5, 0.6) is 5.75 Å². The van der Waals surface area contributed by atoms with Crippen LogP contribution in [0.25, 0.3) is 33.6 Å². The Balaban J connectivity index is 1.88. The fraction of sp³-hybridized carbons (Fsp3) is 0. The third-order valence-electron chi connectivity index (χ3n) is 4.28. The van der Waals surface area contributed by atoms with E-state index < -0.39 is 5.97 Å². The maximum atomic E-state index is 11.7. The van der Waals surface area contributed by atoms with Gasteiger partial charge in [-0.05, 0) is 34.9 Å². The van der Waals surface area contributed by atoms with Crippen LogP contribution in [0, 0.1) is 0 Å². The molecule has 0 saturated heterocycles. The van der Waals surface area contributed by atoms with Crippen molar-refractivity contribution in [2.75, 3.05) is 0 Å². The molecule has 0 radical (unpaired) electrons. The average Bonchev–Trinajstić information content (AvgIpc) is 3.15. The van der Waals surface area contributed by atoms with Gasteiger partial charge < -0.3 is 14.7 Å². The van der Waals surface area contributed by atoms with Crippen LogP contribution in [0.3, 0.4) is 0 Å². The smallest absolute Gasteiger partial charge is 0.358 e. The summed E-state index contributed by atoms with van der Waals surface area (Å²) >= 11 is 0. The van der Waals surface area contributed by atoms with Gasteiger partial charge in [-0.15, -0.1) is 0 Å². The summed E-state index contributed by atoms with van der Waals surface area (Å²) in [5.74, 6) is -0.546. The van der Waals surface area contributed by atoms with Gasteiger partial charge in [0.1, 0.15) is 5.75 Å². The molecule has 0 bridgehead atoms. The van der Waals surface area contributed by atoms with E-state index >= 15 is 0 Å². The molecule has 1 heterocycles. The zero-order chi connectivity index (χ0) is 18.8. The summed E-state index contributed by atoms with van der Waals surface area (Å²) < 4.78 is 5.39. The van der Waals surface area contributed by atoms with Gasteiger partial charge in [0.2, 0.25) is 0 Å². The highest BCUT2D eigenvalue weighted by atomic mass is 16.5. The second kappa shape index (κ2) is 6.80. The molecule has 0 atom stereocenters. The minimum atomic E-state index is -1.15. The molecule has 5 heteroatoms. The van der Waals surface area contributed by atoms with Crippen LogP contribution in [0.15, 0.2) is 83.4 Å². The van der Waals surface area contributed by atoms with E-state index in [1.54, 1.807) is 24.3 Å². The number of rotatable bonds is 4. The molecule has 2 N–H and O–H groups in total. The lowest BCUT2D eigenvalue weighted by atomic mass is 9.96. The Morgan fingerprint density at radius 1 is 0.778 bits per heavy atom. The molecule has 0 fully saturated rings. The molecule has 4 aromatic rings. The van der Waals surface area contributed by atoms with E-state index in [0.29, 0.717) is 16.9 Å². The normalized spacial score (nSPS) is 10.7. The summed E-state index contributed by atoms with van der Waals surface area (Å²) in [6.07, 6.45) is 0. The fourth-order valence-corrected chi connectivity index (χ4v) is 3.00. The van der Waals surface area contributed by atoms with E-state index in [1.165, 1.54) is 0 Å². The molecule has 0 saturated carbocycles. The van der Waals surface area contributed by atoms with Crippen LogP contribution < -0.4 is 0 Å². The van der Waals surface area contributed by atoms with Gasteiger partial charge in [0.25, 0.3) is 0 Å². The lowest BCUT2D eigenvalue weighted by molar-refractivity contribution is 0.0686. The summed E-state index contributed by atoms with van der Waals surface area (Å²) in [4.78, 5) is 11.7. The standard InChI is InChI=1S/C22H15NO4/c24-18-11-9-14(10-12-18)16-7-4-8-17(13-16)19-20(22(25)26)23-27-21(19)15-5-2-1-3-6-15/h1-13,24H,(H,25,26). The molecular formula is C22H15NO4. The maximum Gasteiger partial charge on any atom is 0.358 e. The highest BCUT2D eigenvalue weighted by molar-refractivity contribution is 5.98. The first-order valence-electron chi connectivity index (χ1n) is 8.32. The van der Waals surface area contributed by atoms with Gasteiger partial charge in [-0.25, -0.2) is 4.79 Å². The second-order valence-corrected chi connectivity index (χ2v) is 6.03. The largest absolute Gasteiger partial charge is 0.508 e. The zero-order valence-electron chi connectivity index (χ0n) is 14.2. The van der Waals surface area contributed by atoms with E-state index in [4.69, 9.17) is 4.52 Å². The molecule has 1 aromatic heterocycles. The van der Waals surface area contributed by atoms with Gasteiger partial charge in [-0.2, -0.15) is 0 Å². The second-order valence-electron chi connectivity index (χ2n) is 6.03. The van der Waals surface area contributed by atoms with Crippen molar-refractivity contribution in [1.29, 1.82) is 0 Å². The fourth-order valence-electron chi connectivity index (χ4n) is 3.00. The lowest BCUT2D eigenvalue weighted by Crippen LogP contribution is -1.99. The number of hydrogen-bond donors (Lipinski definition) is 2. The molecule has 0 unspecified atom stereocenters. The van der Waals surface area contributed by atoms with Crippen molar-refractivity contribution in [2.24, 2.45) is 0 Å². The Morgan fingerprint density at radius 3 is 2.15 bits per heavy atom. The summed E-state index contributed by atoms with van der Waals surface area (Å²) in [5.41, 5.74) is 3.56. The van der Waals surface area contributed by atoms with Crippen molar-refractivity contribution in [3.63, 3.8) is 0 Å². The maximum absolute atomic E-state index is 11.7. The van der Waals surface area contributed by atoms with Crippen LogP contribution >= 0.6 is 0 Å². The van der Waals surface area contributed by atoms with E-state index in [0.717, 1.165) is 16.7 Å². The van der Waals surface area contributed by atoms with Crippen molar-refractivity contribution < 1.29 is 19.5 Å². The van der Waals surface area contributed by atoms with Gasteiger partial charge in [0.05, 0.1) is 5.56 Å². The number of carbonyl (C=O) groups is 1.